The minimum Gasteiger partial charge on any atom is -0.478 e. The maximum Gasteiger partial charge on any atom is 0.338 e. The van der Waals surface area contributed by atoms with Crippen molar-refractivity contribution in [3.63, 3.8) is 0 Å². The highest BCUT2D eigenvalue weighted by molar-refractivity contribution is 7.12. The third kappa shape index (κ3) is 2.54. The lowest BCUT2D eigenvalue weighted by Crippen LogP contribution is -2.11. The lowest BCUT2D eigenvalue weighted by Gasteiger charge is -2.05. The lowest BCUT2D eigenvalue weighted by atomic mass is 10.2. The number of thiophene rings is 1. The van der Waals surface area contributed by atoms with Crippen molar-refractivity contribution >= 4 is 28.9 Å². The van der Waals surface area contributed by atoms with Crippen molar-refractivity contribution in [2.45, 2.75) is 0 Å². The van der Waals surface area contributed by atoms with Crippen LogP contribution in [0.15, 0.2) is 35.7 Å². The van der Waals surface area contributed by atoms with Crippen LogP contribution in [0, 0.1) is 5.82 Å². The topological polar surface area (TPSA) is 66.4 Å². The summed E-state index contributed by atoms with van der Waals surface area (Å²) in [7, 11) is 0. The number of halogens is 1. The van der Waals surface area contributed by atoms with Gasteiger partial charge in [0.2, 0.25) is 0 Å². The molecule has 1 heterocycles. The molecule has 6 heteroatoms. The molecule has 1 amide bonds. The van der Waals surface area contributed by atoms with Crippen LogP contribution in [0.1, 0.15) is 20.0 Å². The second kappa shape index (κ2) is 4.97. The van der Waals surface area contributed by atoms with E-state index in [9.17, 15) is 14.0 Å². The number of nitrogens with one attached hydrogen (secondary N) is 1. The van der Waals surface area contributed by atoms with Crippen molar-refractivity contribution in [2.75, 3.05) is 5.32 Å². The number of carboxylic acids is 1. The smallest absolute Gasteiger partial charge is 0.338 e. The molecule has 0 radical (unpaired) electrons. The Balaban J connectivity index is 2.18. The van der Waals surface area contributed by atoms with E-state index in [0.29, 0.717) is 4.88 Å². The maximum absolute atomic E-state index is 13.4. The Labute approximate surface area is 106 Å². The number of aromatic carboxylic acids is 1. The van der Waals surface area contributed by atoms with Gasteiger partial charge in [-0.3, -0.25) is 4.79 Å². The number of rotatable bonds is 3. The van der Waals surface area contributed by atoms with Gasteiger partial charge in [0.1, 0.15) is 5.82 Å². The molecule has 1 aromatic carbocycles. The second-order valence-electron chi connectivity index (χ2n) is 3.43. The highest BCUT2D eigenvalue weighted by Crippen LogP contribution is 2.17. The summed E-state index contributed by atoms with van der Waals surface area (Å²) in [6, 6.07) is 6.81. The molecular weight excluding hydrogens is 257 g/mol. The summed E-state index contributed by atoms with van der Waals surface area (Å²) < 4.78 is 13.4. The van der Waals surface area contributed by atoms with Crippen LogP contribution in [0.25, 0.3) is 0 Å². The molecule has 2 rings (SSSR count). The third-order valence-electron chi connectivity index (χ3n) is 2.20. The summed E-state index contributed by atoms with van der Waals surface area (Å²) in [6.45, 7) is 0. The van der Waals surface area contributed by atoms with Crippen LogP contribution in [0.3, 0.4) is 0 Å². The fourth-order valence-corrected chi connectivity index (χ4v) is 1.99. The van der Waals surface area contributed by atoms with Crippen LogP contribution in [-0.2, 0) is 0 Å². The normalized spacial score (nSPS) is 10.1. The number of carbonyl (C=O) groups is 2. The number of amides is 1. The quantitative estimate of drug-likeness (QED) is 0.896. The highest BCUT2D eigenvalue weighted by atomic mass is 32.1. The van der Waals surface area contributed by atoms with Gasteiger partial charge < -0.3 is 10.4 Å². The van der Waals surface area contributed by atoms with Gasteiger partial charge in [0.05, 0.1) is 10.4 Å². The molecule has 18 heavy (non-hydrogen) atoms. The van der Waals surface area contributed by atoms with Crippen molar-refractivity contribution in [1.82, 2.24) is 0 Å². The van der Waals surface area contributed by atoms with Crippen LogP contribution >= 0.6 is 11.3 Å². The zero-order valence-corrected chi connectivity index (χ0v) is 9.83. The van der Waals surface area contributed by atoms with Crippen molar-refractivity contribution in [1.29, 1.82) is 0 Å². The maximum atomic E-state index is 13.4. The van der Waals surface area contributed by atoms with E-state index in [4.69, 9.17) is 5.11 Å². The van der Waals surface area contributed by atoms with Gasteiger partial charge in [-0.1, -0.05) is 6.07 Å². The lowest BCUT2D eigenvalue weighted by molar-refractivity contribution is 0.0692. The third-order valence-corrected chi connectivity index (χ3v) is 3.07. The van der Waals surface area contributed by atoms with Gasteiger partial charge in [-0.15, -0.1) is 11.3 Å². The van der Waals surface area contributed by atoms with Crippen molar-refractivity contribution in [3.05, 3.63) is 52.0 Å². The number of carbonyl (C=O) groups excluding carboxylic acids is 1. The second-order valence-corrected chi connectivity index (χ2v) is 4.38. The molecule has 0 atom stereocenters. The summed E-state index contributed by atoms with van der Waals surface area (Å²) in [5, 5.41) is 12.9. The Morgan fingerprint density at radius 1 is 1.28 bits per heavy atom. The minimum atomic E-state index is -1.34. The van der Waals surface area contributed by atoms with Gasteiger partial charge in [0, 0.05) is 5.69 Å². The Hall–Kier alpha value is -2.21. The summed E-state index contributed by atoms with van der Waals surface area (Å²) >= 11 is 1.26. The monoisotopic (exact) mass is 265 g/mol. The van der Waals surface area contributed by atoms with Crippen LogP contribution in [0.2, 0.25) is 0 Å². The minimum absolute atomic E-state index is 0.218. The molecule has 0 saturated heterocycles. The summed E-state index contributed by atoms with van der Waals surface area (Å²) in [4.78, 5) is 22.8. The van der Waals surface area contributed by atoms with Gasteiger partial charge in [-0.25, -0.2) is 9.18 Å². The first-order valence-electron chi connectivity index (χ1n) is 4.95. The number of benzene rings is 1. The van der Waals surface area contributed by atoms with Crippen molar-refractivity contribution in [3.8, 4) is 0 Å². The van der Waals surface area contributed by atoms with E-state index in [2.05, 4.69) is 5.32 Å². The molecule has 0 bridgehead atoms. The van der Waals surface area contributed by atoms with Gasteiger partial charge in [0.15, 0.2) is 0 Å². The van der Waals surface area contributed by atoms with Crippen LogP contribution in [0.5, 0.6) is 0 Å². The molecular formula is C12H8FNO3S. The molecule has 0 aliphatic carbocycles. The fourth-order valence-electron chi connectivity index (χ4n) is 1.37. The van der Waals surface area contributed by atoms with Gasteiger partial charge in [-0.05, 0) is 29.6 Å². The Morgan fingerprint density at radius 2 is 2.06 bits per heavy atom. The van der Waals surface area contributed by atoms with E-state index in [1.54, 1.807) is 17.5 Å². The zero-order chi connectivity index (χ0) is 13.1. The first-order valence-corrected chi connectivity index (χ1v) is 5.83. The van der Waals surface area contributed by atoms with Gasteiger partial charge >= 0.3 is 5.97 Å². The van der Waals surface area contributed by atoms with E-state index in [1.807, 2.05) is 0 Å². The summed E-state index contributed by atoms with van der Waals surface area (Å²) in [5.41, 5.74) is -0.208. The number of carboxylic acid groups (broad SMARTS) is 1. The van der Waals surface area contributed by atoms with Gasteiger partial charge in [-0.2, -0.15) is 0 Å². The molecule has 4 nitrogen and oxygen atoms in total. The van der Waals surface area contributed by atoms with Crippen LogP contribution < -0.4 is 5.32 Å². The predicted molar refractivity (Wildman–Crippen MR) is 65.6 cm³/mol. The number of hydrogen-bond donors (Lipinski definition) is 2. The van der Waals surface area contributed by atoms with Crippen molar-refractivity contribution < 1.29 is 19.1 Å². The largest absolute Gasteiger partial charge is 0.478 e. The van der Waals surface area contributed by atoms with E-state index in [0.717, 1.165) is 12.1 Å². The average Bonchev–Trinajstić information content (AvgIpc) is 2.81. The molecule has 2 aromatic rings. The Morgan fingerprint density at radius 3 is 2.61 bits per heavy atom. The standard InChI is InChI=1S/C12H8FNO3S/c13-9-6-7(3-4-8(9)12(16)17)14-11(15)10-2-1-5-18-10/h1-6H,(H,14,15)(H,16,17). The van der Waals surface area contributed by atoms with E-state index in [1.165, 1.54) is 17.4 Å². The first kappa shape index (κ1) is 12.3. The van der Waals surface area contributed by atoms with E-state index in [-0.39, 0.29) is 11.6 Å². The molecule has 92 valence electrons. The van der Waals surface area contributed by atoms with Crippen LogP contribution in [-0.4, -0.2) is 17.0 Å². The zero-order valence-electron chi connectivity index (χ0n) is 9.01. The summed E-state index contributed by atoms with van der Waals surface area (Å²) in [6.07, 6.45) is 0. The highest BCUT2D eigenvalue weighted by Gasteiger charge is 2.12. The molecule has 0 saturated carbocycles. The molecule has 1 aromatic heterocycles. The predicted octanol–water partition coefficient (Wildman–Crippen LogP) is 2.84. The van der Waals surface area contributed by atoms with Crippen LogP contribution in [0.4, 0.5) is 10.1 Å². The fraction of sp³-hybridized carbons (Fsp3) is 0. The molecule has 0 aliphatic rings. The molecule has 2 N–H and O–H groups in total. The molecule has 0 aliphatic heterocycles. The Kier molecular flexibility index (Phi) is 3.38. The van der Waals surface area contributed by atoms with Gasteiger partial charge in [0.25, 0.3) is 5.91 Å². The Bertz CT molecular complexity index is 595. The average molecular weight is 265 g/mol. The molecule has 0 fully saturated rings. The number of anilines is 1. The SMILES string of the molecule is O=C(Nc1ccc(C(=O)O)c(F)c1)c1cccs1. The molecule has 0 unspecified atom stereocenters. The van der Waals surface area contributed by atoms with E-state index < -0.39 is 17.3 Å². The first-order chi connectivity index (χ1) is 8.58. The van der Waals surface area contributed by atoms with E-state index >= 15 is 0 Å². The van der Waals surface area contributed by atoms with Crippen molar-refractivity contribution in [2.24, 2.45) is 0 Å². The number of hydrogen-bond acceptors (Lipinski definition) is 3. The molecule has 0 spiro atoms. The summed E-state index contributed by atoms with van der Waals surface area (Å²) in [5.74, 6) is -2.58.